The van der Waals surface area contributed by atoms with Crippen LogP contribution < -0.4 is 0 Å². The molecule has 0 saturated carbocycles. The van der Waals surface area contributed by atoms with Gasteiger partial charge in [-0.25, -0.2) is 9.78 Å². The molecule has 2 unspecified atom stereocenters. The summed E-state index contributed by atoms with van der Waals surface area (Å²) in [6, 6.07) is 10.0. The van der Waals surface area contributed by atoms with Crippen molar-refractivity contribution in [1.29, 1.82) is 0 Å². The largest absolute Gasteiger partial charge is 0.350 e. The van der Waals surface area contributed by atoms with Gasteiger partial charge in [0.2, 0.25) is 0 Å². The highest BCUT2D eigenvalue weighted by molar-refractivity contribution is 5.17. The molecule has 0 spiro atoms. The van der Waals surface area contributed by atoms with Crippen LogP contribution in [0.3, 0.4) is 0 Å². The summed E-state index contributed by atoms with van der Waals surface area (Å²) >= 11 is 0. The van der Waals surface area contributed by atoms with Crippen LogP contribution in [0.15, 0.2) is 30.3 Å². The quantitative estimate of drug-likeness (QED) is 0.643. The highest BCUT2D eigenvalue weighted by Gasteiger charge is 2.19. The Balaban J connectivity index is 2.04. The Morgan fingerprint density at radius 3 is 2.71 bits per heavy atom. The first-order valence-corrected chi connectivity index (χ1v) is 4.85. The second-order valence-corrected chi connectivity index (χ2v) is 3.32. The van der Waals surface area contributed by atoms with Gasteiger partial charge in [-0.3, -0.25) is 0 Å². The number of ether oxygens (including phenoxy) is 1. The van der Waals surface area contributed by atoms with E-state index in [0.29, 0.717) is 6.61 Å². The monoisotopic (exact) mass is 194 g/mol. The Labute approximate surface area is 83.5 Å². The molecule has 14 heavy (non-hydrogen) atoms. The van der Waals surface area contributed by atoms with Crippen molar-refractivity contribution in [3.05, 3.63) is 35.9 Å². The van der Waals surface area contributed by atoms with Crippen LogP contribution in [0.2, 0.25) is 0 Å². The number of hydrogen-bond acceptors (Lipinski definition) is 3. The van der Waals surface area contributed by atoms with Gasteiger partial charge in [0.15, 0.2) is 6.29 Å². The second-order valence-electron chi connectivity index (χ2n) is 3.32. The van der Waals surface area contributed by atoms with E-state index in [2.05, 4.69) is 0 Å². The molecule has 1 aromatic rings. The summed E-state index contributed by atoms with van der Waals surface area (Å²) in [5, 5.41) is 0. The number of hydrogen-bond donors (Lipinski definition) is 0. The Hall–Kier alpha value is -0.900. The first-order valence-electron chi connectivity index (χ1n) is 4.85. The van der Waals surface area contributed by atoms with Gasteiger partial charge in [-0.05, 0) is 12.5 Å². The van der Waals surface area contributed by atoms with E-state index in [1.807, 2.05) is 37.3 Å². The Kier molecular flexibility index (Phi) is 3.14. The number of rotatable bonds is 1. The molecule has 0 amide bonds. The van der Waals surface area contributed by atoms with Crippen molar-refractivity contribution >= 4 is 0 Å². The molecule has 1 saturated heterocycles. The Bertz CT molecular complexity index is 273. The average molecular weight is 194 g/mol. The molecular formula is C11H14O3. The predicted molar refractivity (Wildman–Crippen MR) is 51.4 cm³/mol. The normalized spacial score (nSPS) is 28.4. The zero-order chi connectivity index (χ0) is 9.80. The van der Waals surface area contributed by atoms with E-state index >= 15 is 0 Å². The van der Waals surface area contributed by atoms with Gasteiger partial charge in [0, 0.05) is 6.42 Å². The summed E-state index contributed by atoms with van der Waals surface area (Å²) in [5.41, 5.74) is 1.13. The zero-order valence-corrected chi connectivity index (χ0v) is 8.18. The Morgan fingerprint density at radius 2 is 1.93 bits per heavy atom. The summed E-state index contributed by atoms with van der Waals surface area (Å²) in [6.07, 6.45) is 0.541. The van der Waals surface area contributed by atoms with E-state index < -0.39 is 0 Å². The zero-order valence-electron chi connectivity index (χ0n) is 8.18. The molecule has 0 N–H and O–H groups in total. The fraction of sp³-hybridized carbons (Fsp3) is 0.455. The lowest BCUT2D eigenvalue weighted by Crippen LogP contribution is -2.09. The maximum Gasteiger partial charge on any atom is 0.188 e. The third kappa shape index (κ3) is 2.32. The van der Waals surface area contributed by atoms with Crippen molar-refractivity contribution in [3.8, 4) is 0 Å². The maximum atomic E-state index is 5.31. The van der Waals surface area contributed by atoms with Crippen molar-refractivity contribution in [3.63, 3.8) is 0 Å². The van der Waals surface area contributed by atoms with Gasteiger partial charge in [0.05, 0.1) is 6.61 Å². The molecule has 0 aliphatic carbocycles. The lowest BCUT2D eigenvalue weighted by molar-refractivity contribution is -0.379. The van der Waals surface area contributed by atoms with E-state index in [4.69, 9.17) is 14.5 Å². The lowest BCUT2D eigenvalue weighted by atomic mass is 10.1. The van der Waals surface area contributed by atoms with E-state index in [1.165, 1.54) is 0 Å². The molecule has 1 fully saturated rings. The van der Waals surface area contributed by atoms with E-state index in [-0.39, 0.29) is 12.4 Å². The van der Waals surface area contributed by atoms with Crippen molar-refractivity contribution in [2.75, 3.05) is 6.61 Å². The number of benzene rings is 1. The SMILES string of the molecule is CC1OCCC(c2ccccc2)OO1. The van der Waals surface area contributed by atoms with E-state index in [1.54, 1.807) is 0 Å². The van der Waals surface area contributed by atoms with Gasteiger partial charge in [-0.2, -0.15) is 0 Å². The van der Waals surface area contributed by atoms with Crippen molar-refractivity contribution < 1.29 is 14.5 Å². The van der Waals surface area contributed by atoms with Crippen molar-refractivity contribution in [2.24, 2.45) is 0 Å². The molecule has 3 nitrogen and oxygen atoms in total. The van der Waals surface area contributed by atoms with Crippen LogP contribution >= 0.6 is 0 Å². The molecule has 0 aromatic heterocycles. The molecule has 3 heteroatoms. The van der Waals surface area contributed by atoms with Crippen LogP contribution in [-0.2, 0) is 14.5 Å². The van der Waals surface area contributed by atoms with Crippen molar-refractivity contribution in [1.82, 2.24) is 0 Å². The molecule has 1 aliphatic rings. The second kappa shape index (κ2) is 4.55. The summed E-state index contributed by atoms with van der Waals surface area (Å²) in [6.45, 7) is 2.49. The first kappa shape index (κ1) is 9.65. The molecule has 1 aromatic carbocycles. The van der Waals surface area contributed by atoms with Gasteiger partial charge in [0.1, 0.15) is 6.10 Å². The standard InChI is InChI=1S/C11H14O3/c1-9-12-8-7-11(14-13-9)10-5-3-2-4-6-10/h2-6,9,11H,7-8H2,1H3. The third-order valence-electron chi connectivity index (χ3n) is 2.21. The minimum Gasteiger partial charge on any atom is -0.350 e. The average Bonchev–Trinajstić information content (AvgIpc) is 2.44. The molecule has 2 rings (SSSR count). The molecule has 1 aliphatic heterocycles. The van der Waals surface area contributed by atoms with Crippen LogP contribution in [0.4, 0.5) is 0 Å². The smallest absolute Gasteiger partial charge is 0.188 e. The van der Waals surface area contributed by atoms with Gasteiger partial charge in [0.25, 0.3) is 0 Å². The summed E-state index contributed by atoms with van der Waals surface area (Å²) < 4.78 is 5.31. The van der Waals surface area contributed by atoms with Gasteiger partial charge < -0.3 is 4.74 Å². The third-order valence-corrected chi connectivity index (χ3v) is 2.21. The lowest BCUT2D eigenvalue weighted by Gasteiger charge is -2.12. The minimum atomic E-state index is -0.274. The van der Waals surface area contributed by atoms with Crippen LogP contribution in [0.1, 0.15) is 25.0 Å². The summed E-state index contributed by atoms with van der Waals surface area (Å²) in [7, 11) is 0. The first-order chi connectivity index (χ1) is 6.86. The van der Waals surface area contributed by atoms with Crippen LogP contribution in [-0.4, -0.2) is 12.9 Å². The van der Waals surface area contributed by atoms with Gasteiger partial charge in [-0.1, -0.05) is 30.3 Å². The minimum absolute atomic E-state index is 0.0128. The van der Waals surface area contributed by atoms with Crippen LogP contribution in [0.25, 0.3) is 0 Å². The highest BCUT2D eigenvalue weighted by Crippen LogP contribution is 2.24. The molecular weight excluding hydrogens is 180 g/mol. The molecule has 0 bridgehead atoms. The maximum absolute atomic E-state index is 5.31. The summed E-state index contributed by atoms with van der Waals surface area (Å²) in [4.78, 5) is 10.3. The fourth-order valence-corrected chi connectivity index (χ4v) is 1.45. The summed E-state index contributed by atoms with van der Waals surface area (Å²) in [5.74, 6) is 0. The van der Waals surface area contributed by atoms with E-state index in [0.717, 1.165) is 12.0 Å². The topological polar surface area (TPSA) is 27.7 Å². The Morgan fingerprint density at radius 1 is 1.14 bits per heavy atom. The van der Waals surface area contributed by atoms with Crippen LogP contribution in [0, 0.1) is 0 Å². The van der Waals surface area contributed by atoms with Gasteiger partial charge in [-0.15, -0.1) is 0 Å². The predicted octanol–water partition coefficient (Wildman–Crippen LogP) is 2.44. The van der Waals surface area contributed by atoms with Gasteiger partial charge >= 0.3 is 0 Å². The molecule has 2 atom stereocenters. The fourth-order valence-electron chi connectivity index (χ4n) is 1.45. The molecule has 1 heterocycles. The molecule has 0 radical (unpaired) electrons. The highest BCUT2D eigenvalue weighted by atomic mass is 17.2. The van der Waals surface area contributed by atoms with Crippen molar-refractivity contribution in [2.45, 2.75) is 25.7 Å². The van der Waals surface area contributed by atoms with E-state index in [9.17, 15) is 0 Å². The molecule has 76 valence electrons. The van der Waals surface area contributed by atoms with Crippen LogP contribution in [0.5, 0.6) is 0 Å².